The lowest BCUT2D eigenvalue weighted by Gasteiger charge is -2.16. The first-order chi connectivity index (χ1) is 15.3. The number of carbonyl (C=O) groups excluding carboxylic acids is 1. The first-order valence-electron chi connectivity index (χ1n) is 8.42. The highest BCUT2D eigenvalue weighted by Gasteiger charge is 2.39. The minimum Gasteiger partial charge on any atom is -0.455 e. The molecule has 3 aromatic rings. The number of alkyl halides is 6. The number of amides is 1. The predicted molar refractivity (Wildman–Crippen MR) is 92.3 cm³/mol. The number of anilines is 1. The zero-order valence-electron chi connectivity index (χ0n) is 15.6. The van der Waals surface area contributed by atoms with Gasteiger partial charge in [-0.25, -0.2) is 13.8 Å². The van der Waals surface area contributed by atoms with E-state index >= 15 is 0 Å². The fourth-order valence-electron chi connectivity index (χ4n) is 2.40. The summed E-state index contributed by atoms with van der Waals surface area (Å²) in [5.74, 6) is -7.78. The minimum atomic E-state index is -5.28. The quantitative estimate of drug-likeness (QED) is 0.511. The predicted octanol–water partition coefficient (Wildman–Crippen LogP) is 5.11. The molecular formula is C18H8F8N4O3. The molecule has 7 nitrogen and oxygen atoms in total. The van der Waals surface area contributed by atoms with Crippen LogP contribution in [0.3, 0.4) is 0 Å². The molecule has 0 saturated carbocycles. The van der Waals surface area contributed by atoms with Gasteiger partial charge in [-0.15, -0.1) is 13.2 Å². The molecule has 0 unspecified atom stereocenters. The van der Waals surface area contributed by atoms with E-state index in [1.165, 1.54) is 6.07 Å². The zero-order chi connectivity index (χ0) is 24.4. The summed E-state index contributed by atoms with van der Waals surface area (Å²) in [5, 5.41) is 8.93. The number of ether oxygens (including phenoxy) is 2. The number of halogens is 8. The van der Waals surface area contributed by atoms with E-state index < -0.39 is 58.6 Å². The Hall–Kier alpha value is -4.04. The van der Waals surface area contributed by atoms with Crippen molar-refractivity contribution in [1.29, 1.82) is 0 Å². The summed E-state index contributed by atoms with van der Waals surface area (Å²) in [5.41, 5.74) is -3.36. The summed E-state index contributed by atoms with van der Waals surface area (Å²) in [6.45, 7) is 0. The van der Waals surface area contributed by atoms with E-state index in [-0.39, 0.29) is 5.69 Å². The van der Waals surface area contributed by atoms with Crippen LogP contribution in [0.1, 0.15) is 16.1 Å². The first kappa shape index (κ1) is 23.6. The molecule has 0 spiro atoms. The molecule has 174 valence electrons. The SMILES string of the molecule is O=C(Nc1ccnnc1)c1c(Oc2ccc(OC(F)(F)F)c(F)c2)cnc(C(F)(F)F)c1F. The maximum atomic E-state index is 14.6. The number of aromatic nitrogens is 3. The highest BCUT2D eigenvalue weighted by Crippen LogP contribution is 2.36. The molecule has 0 fully saturated rings. The average Bonchev–Trinajstić information content (AvgIpc) is 2.69. The van der Waals surface area contributed by atoms with Crippen LogP contribution in [0.4, 0.5) is 40.8 Å². The van der Waals surface area contributed by atoms with Crippen LogP contribution < -0.4 is 14.8 Å². The van der Waals surface area contributed by atoms with Crippen LogP contribution in [-0.2, 0) is 6.18 Å². The molecule has 0 aliphatic rings. The fourth-order valence-corrected chi connectivity index (χ4v) is 2.40. The van der Waals surface area contributed by atoms with Gasteiger partial charge in [0.25, 0.3) is 5.91 Å². The largest absolute Gasteiger partial charge is 0.573 e. The Bertz CT molecular complexity index is 1170. The second kappa shape index (κ2) is 8.84. The monoisotopic (exact) mass is 480 g/mol. The van der Waals surface area contributed by atoms with E-state index in [1.54, 1.807) is 0 Å². The molecule has 0 atom stereocenters. The van der Waals surface area contributed by atoms with E-state index in [0.717, 1.165) is 18.5 Å². The molecular weight excluding hydrogens is 472 g/mol. The summed E-state index contributed by atoms with van der Waals surface area (Å²) >= 11 is 0. The van der Waals surface area contributed by atoms with E-state index in [1.807, 2.05) is 0 Å². The molecule has 2 aromatic heterocycles. The van der Waals surface area contributed by atoms with Gasteiger partial charge in [-0.3, -0.25) is 4.79 Å². The molecule has 1 aromatic carbocycles. The van der Waals surface area contributed by atoms with Crippen molar-refractivity contribution in [2.45, 2.75) is 12.5 Å². The molecule has 3 rings (SSSR count). The summed E-state index contributed by atoms with van der Waals surface area (Å²) in [6.07, 6.45) is -7.99. The lowest BCUT2D eigenvalue weighted by atomic mass is 10.1. The molecule has 0 saturated heterocycles. The Balaban J connectivity index is 2.00. The van der Waals surface area contributed by atoms with Crippen molar-refractivity contribution in [3.8, 4) is 17.2 Å². The van der Waals surface area contributed by atoms with Crippen LogP contribution in [0.25, 0.3) is 0 Å². The number of pyridine rings is 1. The molecule has 15 heteroatoms. The highest BCUT2D eigenvalue weighted by molar-refractivity contribution is 6.06. The second-order valence-corrected chi connectivity index (χ2v) is 5.99. The average molecular weight is 480 g/mol. The molecule has 1 amide bonds. The van der Waals surface area contributed by atoms with Gasteiger partial charge in [-0.2, -0.15) is 23.4 Å². The Morgan fingerprint density at radius 1 is 0.939 bits per heavy atom. The molecule has 0 radical (unpaired) electrons. The van der Waals surface area contributed by atoms with Crippen LogP contribution in [0.2, 0.25) is 0 Å². The van der Waals surface area contributed by atoms with Crippen molar-refractivity contribution >= 4 is 11.6 Å². The molecule has 1 N–H and O–H groups in total. The lowest BCUT2D eigenvalue weighted by molar-refractivity contribution is -0.275. The van der Waals surface area contributed by atoms with Crippen LogP contribution in [-0.4, -0.2) is 27.5 Å². The Labute approximate surface area is 178 Å². The van der Waals surface area contributed by atoms with Crippen LogP contribution in [0.15, 0.2) is 42.9 Å². The fraction of sp³-hybridized carbons (Fsp3) is 0.111. The van der Waals surface area contributed by atoms with Gasteiger partial charge in [-0.05, 0) is 18.2 Å². The molecule has 0 aliphatic heterocycles. The second-order valence-electron chi connectivity index (χ2n) is 5.99. The molecule has 2 heterocycles. The number of carbonyl (C=O) groups is 1. The number of nitrogens with zero attached hydrogens (tertiary/aromatic N) is 3. The highest BCUT2D eigenvalue weighted by atomic mass is 19.4. The van der Waals surface area contributed by atoms with E-state index in [9.17, 15) is 39.9 Å². The Kier molecular flexibility index (Phi) is 6.32. The van der Waals surface area contributed by atoms with Gasteiger partial charge in [0.15, 0.2) is 28.8 Å². The first-order valence-corrected chi connectivity index (χ1v) is 8.42. The van der Waals surface area contributed by atoms with Crippen molar-refractivity contribution in [1.82, 2.24) is 15.2 Å². The van der Waals surface area contributed by atoms with E-state index in [0.29, 0.717) is 18.3 Å². The number of hydrogen-bond acceptors (Lipinski definition) is 6. The topological polar surface area (TPSA) is 86.2 Å². The zero-order valence-corrected chi connectivity index (χ0v) is 15.6. The van der Waals surface area contributed by atoms with Crippen molar-refractivity contribution in [2.75, 3.05) is 5.32 Å². The van der Waals surface area contributed by atoms with Gasteiger partial charge in [0, 0.05) is 6.07 Å². The maximum absolute atomic E-state index is 14.6. The maximum Gasteiger partial charge on any atom is 0.573 e. The minimum absolute atomic E-state index is 0.0644. The smallest absolute Gasteiger partial charge is 0.455 e. The third-order valence-electron chi connectivity index (χ3n) is 3.68. The van der Waals surface area contributed by atoms with Crippen LogP contribution in [0.5, 0.6) is 17.2 Å². The number of nitrogens with one attached hydrogen (secondary N) is 1. The van der Waals surface area contributed by atoms with E-state index in [4.69, 9.17) is 4.74 Å². The van der Waals surface area contributed by atoms with Gasteiger partial charge >= 0.3 is 12.5 Å². The standard InChI is InChI=1S/C18H8F8N4O3/c19-10-5-9(1-2-11(10)33-18(24,25)26)32-12-7-27-15(17(21,22)23)14(20)13(12)16(31)30-8-3-4-28-29-6-8/h1-7H,(H,28,30,31). The van der Waals surface area contributed by atoms with Gasteiger partial charge in [0.1, 0.15) is 11.3 Å². The normalized spacial score (nSPS) is 11.8. The summed E-state index contributed by atoms with van der Waals surface area (Å²) in [6, 6.07) is 2.83. The molecule has 0 aliphatic carbocycles. The van der Waals surface area contributed by atoms with Gasteiger partial charge < -0.3 is 14.8 Å². The Morgan fingerprint density at radius 2 is 1.67 bits per heavy atom. The van der Waals surface area contributed by atoms with Crippen molar-refractivity contribution in [3.05, 3.63) is 65.7 Å². The van der Waals surface area contributed by atoms with Crippen LogP contribution >= 0.6 is 0 Å². The molecule has 0 bridgehead atoms. The van der Waals surface area contributed by atoms with Crippen LogP contribution in [0, 0.1) is 11.6 Å². The van der Waals surface area contributed by atoms with Crippen molar-refractivity contribution in [3.63, 3.8) is 0 Å². The summed E-state index contributed by atoms with van der Waals surface area (Å²) in [7, 11) is 0. The number of benzene rings is 1. The summed E-state index contributed by atoms with van der Waals surface area (Å²) in [4.78, 5) is 15.4. The third kappa shape index (κ3) is 5.81. The van der Waals surface area contributed by atoms with Gasteiger partial charge in [-0.1, -0.05) is 0 Å². The molecule has 33 heavy (non-hydrogen) atoms. The van der Waals surface area contributed by atoms with Crippen molar-refractivity contribution < 1.29 is 49.4 Å². The summed E-state index contributed by atoms with van der Waals surface area (Å²) < 4.78 is 113. The van der Waals surface area contributed by atoms with Gasteiger partial charge in [0.05, 0.1) is 24.3 Å². The van der Waals surface area contributed by atoms with E-state index in [2.05, 4.69) is 25.2 Å². The Morgan fingerprint density at radius 3 is 2.24 bits per heavy atom. The number of hydrogen-bond donors (Lipinski definition) is 1. The number of rotatable bonds is 5. The van der Waals surface area contributed by atoms with Gasteiger partial charge in [0.2, 0.25) is 0 Å². The van der Waals surface area contributed by atoms with Crippen molar-refractivity contribution in [2.24, 2.45) is 0 Å². The third-order valence-corrected chi connectivity index (χ3v) is 3.68. The lowest BCUT2D eigenvalue weighted by Crippen LogP contribution is -2.20.